The predicted molar refractivity (Wildman–Crippen MR) is 75.9 cm³/mol. The van der Waals surface area contributed by atoms with Gasteiger partial charge in [-0.05, 0) is 31.0 Å². The number of hydrogen-bond acceptors (Lipinski definition) is 4. The van der Waals surface area contributed by atoms with Gasteiger partial charge in [0.1, 0.15) is 0 Å². The van der Waals surface area contributed by atoms with Crippen molar-refractivity contribution in [1.82, 2.24) is 0 Å². The molecule has 6 nitrogen and oxygen atoms in total. The summed E-state index contributed by atoms with van der Waals surface area (Å²) in [5.74, 6) is 1.30. The maximum Gasteiger partial charge on any atom is 0.337 e. The number of benzene rings is 1. The van der Waals surface area contributed by atoms with Crippen molar-refractivity contribution >= 4 is 21.7 Å². The Labute approximate surface area is 118 Å². The molecule has 1 rings (SSSR count). The Balaban J connectivity index is 2.87. The molecule has 0 saturated heterocycles. The highest BCUT2D eigenvalue weighted by atomic mass is 32.2. The molecule has 0 aliphatic rings. The number of carboxylic acid groups (broad SMARTS) is 1. The van der Waals surface area contributed by atoms with Crippen molar-refractivity contribution in [1.29, 1.82) is 0 Å². The Morgan fingerprint density at radius 1 is 1.40 bits per heavy atom. The number of unbranched alkanes of at least 4 members (excludes halogenated alkanes) is 2. The minimum atomic E-state index is -3.92. The summed E-state index contributed by atoms with van der Waals surface area (Å²) in [6.07, 6.45) is 7.42. The summed E-state index contributed by atoms with van der Waals surface area (Å²) < 4.78 is 22.4. The highest BCUT2D eigenvalue weighted by Gasteiger charge is 2.15. The first-order valence-corrected chi connectivity index (χ1v) is 7.48. The Kier molecular flexibility index (Phi) is 5.55. The van der Waals surface area contributed by atoms with Gasteiger partial charge in [0.05, 0.1) is 10.5 Å². The van der Waals surface area contributed by atoms with Crippen LogP contribution in [0.5, 0.6) is 0 Å². The highest BCUT2D eigenvalue weighted by molar-refractivity contribution is 7.89. The van der Waals surface area contributed by atoms with Crippen LogP contribution in [0.1, 0.15) is 29.6 Å². The molecule has 0 bridgehead atoms. The summed E-state index contributed by atoms with van der Waals surface area (Å²) in [6.45, 7) is 0.552. The van der Waals surface area contributed by atoms with Crippen molar-refractivity contribution in [2.24, 2.45) is 5.14 Å². The summed E-state index contributed by atoms with van der Waals surface area (Å²) in [6, 6.07) is 3.71. The fourth-order valence-corrected chi connectivity index (χ4v) is 2.15. The molecule has 0 unspecified atom stereocenters. The normalized spacial score (nSPS) is 10.8. The van der Waals surface area contributed by atoms with Gasteiger partial charge < -0.3 is 10.4 Å². The zero-order valence-electron chi connectivity index (χ0n) is 10.8. The van der Waals surface area contributed by atoms with E-state index in [1.165, 1.54) is 12.1 Å². The molecule has 20 heavy (non-hydrogen) atoms. The van der Waals surface area contributed by atoms with E-state index < -0.39 is 16.0 Å². The summed E-state index contributed by atoms with van der Waals surface area (Å²) in [5.41, 5.74) is 0.221. The van der Waals surface area contributed by atoms with E-state index in [0.717, 1.165) is 18.9 Å². The molecule has 7 heteroatoms. The van der Waals surface area contributed by atoms with Crippen LogP contribution in [0.3, 0.4) is 0 Å². The topological polar surface area (TPSA) is 109 Å². The molecular formula is C13H16N2O4S. The second-order valence-corrected chi connectivity index (χ2v) is 5.71. The van der Waals surface area contributed by atoms with E-state index in [4.69, 9.17) is 16.7 Å². The third kappa shape index (κ3) is 4.57. The number of rotatable bonds is 7. The second-order valence-electron chi connectivity index (χ2n) is 4.15. The van der Waals surface area contributed by atoms with Crippen LogP contribution in [-0.2, 0) is 10.0 Å². The molecule has 0 aliphatic carbocycles. The van der Waals surface area contributed by atoms with Crippen LogP contribution in [0.4, 0.5) is 5.69 Å². The fraction of sp³-hybridized carbons (Fsp3) is 0.308. The van der Waals surface area contributed by atoms with Crippen molar-refractivity contribution < 1.29 is 18.3 Å². The SMILES string of the molecule is C#CCCCCNc1ccc(S(N)(=O)=O)cc1C(=O)O. The molecule has 4 N–H and O–H groups in total. The first-order chi connectivity index (χ1) is 9.36. The predicted octanol–water partition coefficient (Wildman–Crippen LogP) is 1.25. The van der Waals surface area contributed by atoms with E-state index in [9.17, 15) is 13.2 Å². The maximum absolute atomic E-state index is 11.2. The molecule has 108 valence electrons. The summed E-state index contributed by atoms with van der Waals surface area (Å²) in [4.78, 5) is 10.9. The van der Waals surface area contributed by atoms with Crippen LogP contribution in [0.2, 0.25) is 0 Å². The number of nitrogens with two attached hydrogens (primary N) is 1. The highest BCUT2D eigenvalue weighted by Crippen LogP contribution is 2.20. The average molecular weight is 296 g/mol. The van der Waals surface area contributed by atoms with Gasteiger partial charge in [-0.3, -0.25) is 0 Å². The van der Waals surface area contributed by atoms with E-state index in [1.807, 2.05) is 0 Å². The number of aromatic carboxylic acids is 1. The van der Waals surface area contributed by atoms with Crippen molar-refractivity contribution in [3.63, 3.8) is 0 Å². The Morgan fingerprint density at radius 3 is 2.65 bits per heavy atom. The Morgan fingerprint density at radius 2 is 2.10 bits per heavy atom. The first kappa shape index (κ1) is 16.0. The number of nitrogens with one attached hydrogen (secondary N) is 1. The molecule has 1 aromatic carbocycles. The molecule has 0 spiro atoms. The monoisotopic (exact) mass is 296 g/mol. The van der Waals surface area contributed by atoms with Gasteiger partial charge in [0.15, 0.2) is 0 Å². The quantitative estimate of drug-likeness (QED) is 0.518. The molecule has 0 radical (unpaired) electrons. The first-order valence-electron chi connectivity index (χ1n) is 5.93. The molecule has 0 aromatic heterocycles. The Bertz CT molecular complexity index is 632. The van der Waals surface area contributed by atoms with Crippen molar-refractivity contribution in [2.75, 3.05) is 11.9 Å². The van der Waals surface area contributed by atoms with Gasteiger partial charge in [-0.1, -0.05) is 0 Å². The lowest BCUT2D eigenvalue weighted by atomic mass is 10.1. The van der Waals surface area contributed by atoms with Gasteiger partial charge in [0, 0.05) is 18.7 Å². The number of hydrogen-bond donors (Lipinski definition) is 3. The third-order valence-electron chi connectivity index (χ3n) is 2.61. The molecule has 0 aliphatic heterocycles. The van der Waals surface area contributed by atoms with E-state index in [0.29, 0.717) is 18.7 Å². The number of terminal acetylenes is 1. The van der Waals surface area contributed by atoms with Crippen LogP contribution in [0.25, 0.3) is 0 Å². The number of carboxylic acids is 1. The van der Waals surface area contributed by atoms with E-state index in [1.54, 1.807) is 0 Å². The van der Waals surface area contributed by atoms with Crippen molar-refractivity contribution in [2.45, 2.75) is 24.2 Å². The molecule has 0 saturated carbocycles. The van der Waals surface area contributed by atoms with Crippen LogP contribution in [-0.4, -0.2) is 26.0 Å². The standard InChI is InChI=1S/C13H16N2O4S/c1-2-3-4-5-8-15-12-7-6-10(20(14,18)19)9-11(12)13(16)17/h1,6-7,9,15H,3-5,8H2,(H,16,17)(H2,14,18,19). The van der Waals surface area contributed by atoms with Crippen molar-refractivity contribution in [3.8, 4) is 12.3 Å². The zero-order chi connectivity index (χ0) is 15.2. The van der Waals surface area contributed by atoms with Crippen LogP contribution in [0.15, 0.2) is 23.1 Å². The fourth-order valence-electron chi connectivity index (χ4n) is 1.61. The molecule has 0 atom stereocenters. The van der Waals surface area contributed by atoms with Gasteiger partial charge in [-0.2, -0.15) is 0 Å². The van der Waals surface area contributed by atoms with Gasteiger partial charge >= 0.3 is 5.97 Å². The number of carbonyl (C=O) groups is 1. The lowest BCUT2D eigenvalue weighted by Crippen LogP contribution is -2.14. The van der Waals surface area contributed by atoms with E-state index >= 15 is 0 Å². The molecule has 0 heterocycles. The summed E-state index contributed by atoms with van der Waals surface area (Å²) in [5, 5.41) is 17.0. The summed E-state index contributed by atoms with van der Waals surface area (Å²) >= 11 is 0. The maximum atomic E-state index is 11.2. The van der Waals surface area contributed by atoms with E-state index in [2.05, 4.69) is 11.2 Å². The molecule has 1 aromatic rings. The van der Waals surface area contributed by atoms with Crippen LogP contribution in [0, 0.1) is 12.3 Å². The lowest BCUT2D eigenvalue weighted by molar-refractivity contribution is 0.0697. The second kappa shape index (κ2) is 6.93. The van der Waals surface area contributed by atoms with Gasteiger partial charge in [-0.15, -0.1) is 12.3 Å². The smallest absolute Gasteiger partial charge is 0.337 e. The minimum Gasteiger partial charge on any atom is -0.478 e. The number of sulfonamides is 1. The molecule has 0 amide bonds. The molecular weight excluding hydrogens is 280 g/mol. The van der Waals surface area contributed by atoms with Crippen molar-refractivity contribution in [3.05, 3.63) is 23.8 Å². The minimum absolute atomic E-state index is 0.131. The van der Waals surface area contributed by atoms with Gasteiger partial charge in [-0.25, -0.2) is 18.4 Å². The van der Waals surface area contributed by atoms with Gasteiger partial charge in [0.25, 0.3) is 0 Å². The average Bonchev–Trinajstić information content (AvgIpc) is 2.37. The van der Waals surface area contributed by atoms with Gasteiger partial charge in [0.2, 0.25) is 10.0 Å². The molecule has 0 fully saturated rings. The zero-order valence-corrected chi connectivity index (χ0v) is 11.6. The van der Waals surface area contributed by atoms with Crippen LogP contribution < -0.4 is 10.5 Å². The lowest BCUT2D eigenvalue weighted by Gasteiger charge is -2.10. The largest absolute Gasteiger partial charge is 0.478 e. The van der Waals surface area contributed by atoms with E-state index in [-0.39, 0.29) is 10.5 Å². The number of primary sulfonamides is 1. The number of anilines is 1. The third-order valence-corrected chi connectivity index (χ3v) is 3.52. The summed E-state index contributed by atoms with van der Waals surface area (Å²) in [7, 11) is -3.92. The van der Waals surface area contributed by atoms with Crippen LogP contribution >= 0.6 is 0 Å². The Hall–Kier alpha value is -2.04.